The van der Waals surface area contributed by atoms with Crippen LogP contribution in [-0.4, -0.2) is 52.2 Å². The minimum Gasteiger partial charge on any atom is -0.305 e. The summed E-state index contributed by atoms with van der Waals surface area (Å²) in [4.78, 5) is 18.7. The molecule has 4 nitrogen and oxygen atoms in total. The van der Waals surface area contributed by atoms with Crippen LogP contribution in [0.4, 0.5) is 0 Å². The summed E-state index contributed by atoms with van der Waals surface area (Å²) in [6.45, 7) is 28.4. The van der Waals surface area contributed by atoms with E-state index in [2.05, 4.69) is 218 Å². The zero-order valence-electron chi connectivity index (χ0n) is 49.4. The average molecular weight is 1480 g/mol. The largest absolute Gasteiger partial charge is 0.305 e. The van der Waals surface area contributed by atoms with E-state index in [-0.39, 0.29) is 40.2 Å². The fraction of sp³-hybridized carbons (Fsp3) is 0.314. The molecule has 80 heavy (non-hydrogen) atoms. The molecular weight excluding hydrogens is 1390 g/mol. The minimum atomic E-state index is -1.39. The minimum absolute atomic E-state index is 0. The van der Waals surface area contributed by atoms with Gasteiger partial charge in [-0.05, 0) is 68.2 Å². The second kappa shape index (κ2) is 28.9. The predicted octanol–water partition coefficient (Wildman–Crippen LogP) is 16.2. The standard InChI is InChI=1S/C22H26NSi.C19H24NSi.C15H16NSi.C14H16NSi.2Ir/c1-16(2)13-18-14-21(23-15-22(18)24(3,4)5)20-12-8-10-17-9-6-7-11-19(17)20;1-15(2)12-17-13-18(16-8-5-4-6-9-16)20-14-19(17)21(3)10-7-11-21;1-17(10-5-11-17)14-8-9-15(16-12-14)13-6-3-2-4-7-13;1-16(2,3)13-9-10-14(15-11-13)12-7-5-4-6-8-12;;/h6-11,14-16H,13H2,1-5H3;4-6,8,13-15H,7,10-12H2,1-3H3;2-4,6,8-9,12H,5,10-11H2,1H3;4-7,9-11H,1-3H3;;/q4*-1;;. The van der Waals surface area contributed by atoms with Gasteiger partial charge in [0.2, 0.25) is 0 Å². The fourth-order valence-corrected chi connectivity index (χ4v) is 19.4. The van der Waals surface area contributed by atoms with Crippen LogP contribution in [0.5, 0.6) is 0 Å². The van der Waals surface area contributed by atoms with Crippen molar-refractivity contribution in [1.29, 1.82) is 0 Å². The first-order chi connectivity index (χ1) is 37.3. The molecule has 2 fully saturated rings. The summed E-state index contributed by atoms with van der Waals surface area (Å²) in [5.41, 5.74) is 11.5. The van der Waals surface area contributed by atoms with Crippen molar-refractivity contribution in [2.24, 2.45) is 11.8 Å². The van der Waals surface area contributed by atoms with Crippen molar-refractivity contribution in [3.63, 3.8) is 0 Å². The Morgan fingerprint density at radius 3 is 1.44 bits per heavy atom. The van der Waals surface area contributed by atoms with Crippen LogP contribution in [-0.2, 0) is 53.1 Å². The van der Waals surface area contributed by atoms with Crippen LogP contribution in [0, 0.1) is 36.1 Å². The Hall–Kier alpha value is -4.87. The number of hydrogen-bond donors (Lipinski definition) is 0. The SMILES string of the molecule is CC(C)Cc1cc(-c2[c-]ccc3ccccc23)ncc1[Si](C)(C)C.CC(C)Cc1cc(-c2[c-]cccc2)ncc1[Si]1(C)CCC1.C[Si](C)(C)c1ccc(-c2[c-]cccc2)nc1.C[Si]1(c2ccc(-c3[c-]cccc3)nc2)CCC1.[Ir].[Ir]. The number of benzene rings is 5. The Morgan fingerprint density at radius 1 is 0.463 bits per heavy atom. The van der Waals surface area contributed by atoms with Crippen molar-refractivity contribution >= 4 is 63.8 Å². The Balaban J connectivity index is 0.000000173. The Labute approximate surface area is 512 Å². The number of nitrogens with zero attached hydrogens (tertiary/aromatic N) is 4. The number of pyridine rings is 4. The van der Waals surface area contributed by atoms with E-state index in [1.807, 2.05) is 66.9 Å². The molecule has 4 aromatic heterocycles. The first-order valence-corrected chi connectivity index (χ1v) is 41.4. The van der Waals surface area contributed by atoms with E-state index in [1.54, 1.807) is 10.8 Å². The number of fused-ring (bicyclic) bond motifs is 1. The van der Waals surface area contributed by atoms with Crippen molar-refractivity contribution in [2.45, 2.75) is 130 Å². The Bertz CT molecular complexity index is 3330. The van der Waals surface area contributed by atoms with Gasteiger partial charge in [-0.2, -0.15) is 0 Å². The number of hydrogen-bond acceptors (Lipinski definition) is 4. The molecule has 9 aromatic rings. The van der Waals surface area contributed by atoms with Gasteiger partial charge >= 0.3 is 0 Å². The third-order valence-electron chi connectivity index (χ3n) is 15.6. The van der Waals surface area contributed by atoms with E-state index in [4.69, 9.17) is 9.97 Å². The molecule has 2 radical (unpaired) electrons. The summed E-state index contributed by atoms with van der Waals surface area (Å²) < 4.78 is 0. The summed E-state index contributed by atoms with van der Waals surface area (Å²) in [6.07, 6.45) is 13.5. The zero-order valence-corrected chi connectivity index (χ0v) is 58.2. The van der Waals surface area contributed by atoms with Crippen molar-refractivity contribution in [2.75, 3.05) is 0 Å². The maximum Gasteiger partial charge on any atom is 0.0859 e. The molecule has 420 valence electrons. The van der Waals surface area contributed by atoms with E-state index in [9.17, 15) is 0 Å². The molecule has 2 saturated heterocycles. The van der Waals surface area contributed by atoms with Crippen molar-refractivity contribution in [1.82, 2.24) is 19.9 Å². The monoisotopic (exact) mass is 1480 g/mol. The maximum atomic E-state index is 4.84. The molecule has 0 amide bonds. The van der Waals surface area contributed by atoms with E-state index in [0.717, 1.165) is 51.5 Å². The van der Waals surface area contributed by atoms with E-state index in [1.165, 1.54) is 75.3 Å². The van der Waals surface area contributed by atoms with Crippen LogP contribution >= 0.6 is 0 Å². The second-order valence-corrected chi connectivity index (χ2v) is 44.6. The summed E-state index contributed by atoms with van der Waals surface area (Å²) in [5.74, 6) is 1.34. The van der Waals surface area contributed by atoms with Crippen LogP contribution in [0.1, 0.15) is 51.7 Å². The van der Waals surface area contributed by atoms with Gasteiger partial charge in [0.15, 0.2) is 0 Å². The molecule has 0 atom stereocenters. The molecule has 0 N–H and O–H groups in total. The number of rotatable bonds is 12. The van der Waals surface area contributed by atoms with E-state index in [0.29, 0.717) is 11.8 Å². The molecule has 2 aliphatic rings. The molecule has 0 unspecified atom stereocenters. The molecular formula is C70H82Ir2N4Si4-4. The molecule has 2 aliphatic heterocycles. The molecule has 11 rings (SSSR count). The molecule has 6 heterocycles. The quantitative estimate of drug-likeness (QED) is 0.0903. The summed E-state index contributed by atoms with van der Waals surface area (Å²) in [6, 6.07) is 69.0. The fourth-order valence-electron chi connectivity index (χ4n) is 10.6. The van der Waals surface area contributed by atoms with E-state index >= 15 is 0 Å². The van der Waals surface area contributed by atoms with Gasteiger partial charge in [-0.15, -0.1) is 137 Å². The first kappa shape index (κ1) is 64.3. The van der Waals surface area contributed by atoms with Gasteiger partial charge in [0.25, 0.3) is 0 Å². The molecule has 5 aromatic carbocycles. The van der Waals surface area contributed by atoms with Gasteiger partial charge in [-0.25, -0.2) is 0 Å². The second-order valence-electron chi connectivity index (χ2n) is 25.1. The Morgan fingerprint density at radius 2 is 0.963 bits per heavy atom. The smallest absolute Gasteiger partial charge is 0.0859 e. The van der Waals surface area contributed by atoms with Crippen LogP contribution in [0.25, 0.3) is 55.8 Å². The van der Waals surface area contributed by atoms with Crippen molar-refractivity contribution < 1.29 is 40.2 Å². The summed E-state index contributed by atoms with van der Waals surface area (Å²) >= 11 is 0. The van der Waals surface area contributed by atoms with Gasteiger partial charge in [0, 0.05) is 65.0 Å². The topological polar surface area (TPSA) is 51.6 Å². The average Bonchev–Trinajstić information content (AvgIpc) is 3.43. The third kappa shape index (κ3) is 16.9. The number of aromatic nitrogens is 4. The summed E-state index contributed by atoms with van der Waals surface area (Å²) in [7, 11) is -4.88. The van der Waals surface area contributed by atoms with Gasteiger partial charge in [-0.1, -0.05) is 194 Å². The molecule has 0 bridgehead atoms. The van der Waals surface area contributed by atoms with Crippen molar-refractivity contribution in [3.05, 3.63) is 206 Å². The van der Waals surface area contributed by atoms with Gasteiger partial charge in [-0.3, -0.25) is 0 Å². The van der Waals surface area contributed by atoms with Crippen LogP contribution in [0.3, 0.4) is 0 Å². The van der Waals surface area contributed by atoms with Crippen LogP contribution in [0.15, 0.2) is 170 Å². The van der Waals surface area contributed by atoms with Crippen molar-refractivity contribution in [3.8, 4) is 45.0 Å². The van der Waals surface area contributed by atoms with Crippen LogP contribution < -0.4 is 20.7 Å². The third-order valence-corrected chi connectivity index (χ3v) is 29.0. The maximum absolute atomic E-state index is 4.84. The van der Waals surface area contributed by atoms with Gasteiger partial charge in [0.1, 0.15) is 0 Å². The van der Waals surface area contributed by atoms with Crippen LogP contribution in [0.2, 0.25) is 76.6 Å². The first-order valence-electron chi connectivity index (χ1n) is 28.5. The molecule has 0 aliphatic carbocycles. The Kier molecular flexibility index (Phi) is 23.2. The zero-order chi connectivity index (χ0) is 55.5. The normalized spacial score (nSPS) is 14.0. The molecule has 0 spiro atoms. The summed E-state index contributed by atoms with van der Waals surface area (Å²) in [5, 5.41) is 8.48. The van der Waals surface area contributed by atoms with Gasteiger partial charge < -0.3 is 19.9 Å². The molecule has 10 heteroatoms. The van der Waals surface area contributed by atoms with Gasteiger partial charge in [0.05, 0.1) is 32.3 Å². The predicted molar refractivity (Wildman–Crippen MR) is 346 cm³/mol. The molecule has 0 saturated carbocycles. The van der Waals surface area contributed by atoms with E-state index < -0.39 is 32.3 Å².